The smallest absolute Gasteiger partial charge is 0.238 e. The molecule has 1 aromatic rings. The fourth-order valence-electron chi connectivity index (χ4n) is 3.66. The molecule has 0 spiro atoms. The molecule has 0 aromatic heterocycles. The number of hydrogen-bond donors (Lipinski definition) is 2. The Balaban J connectivity index is 1.57. The summed E-state index contributed by atoms with van der Waals surface area (Å²) in [6.07, 6.45) is 2.57. The van der Waals surface area contributed by atoms with Gasteiger partial charge in [-0.3, -0.25) is 9.69 Å². The highest BCUT2D eigenvalue weighted by molar-refractivity contribution is 5.93. The summed E-state index contributed by atoms with van der Waals surface area (Å²) in [5.41, 5.74) is 3.22. The molecular formula is C17H25N3O. The van der Waals surface area contributed by atoms with E-state index < -0.39 is 0 Å². The normalized spacial score (nSPS) is 25.6. The van der Waals surface area contributed by atoms with Crippen molar-refractivity contribution in [1.29, 1.82) is 0 Å². The number of nitrogens with zero attached hydrogens (tertiary/aromatic N) is 1. The molecule has 0 saturated carbocycles. The molecule has 2 aliphatic heterocycles. The lowest BCUT2D eigenvalue weighted by Gasteiger charge is -2.24. The minimum atomic E-state index is 0.103. The Morgan fingerprint density at radius 2 is 2.10 bits per heavy atom. The van der Waals surface area contributed by atoms with Crippen LogP contribution in [0.5, 0.6) is 0 Å². The number of hydrogen-bond acceptors (Lipinski definition) is 3. The van der Waals surface area contributed by atoms with E-state index in [9.17, 15) is 4.79 Å². The molecule has 1 aromatic carbocycles. The van der Waals surface area contributed by atoms with E-state index in [0.29, 0.717) is 12.6 Å². The molecule has 2 fully saturated rings. The maximum atomic E-state index is 12.3. The molecule has 2 aliphatic rings. The van der Waals surface area contributed by atoms with Crippen LogP contribution in [0.15, 0.2) is 18.2 Å². The van der Waals surface area contributed by atoms with Crippen molar-refractivity contribution in [3.05, 3.63) is 29.3 Å². The van der Waals surface area contributed by atoms with Crippen LogP contribution >= 0.6 is 0 Å². The summed E-state index contributed by atoms with van der Waals surface area (Å²) in [4.78, 5) is 14.6. The van der Waals surface area contributed by atoms with Crippen LogP contribution in [0.4, 0.5) is 5.69 Å². The number of anilines is 1. The van der Waals surface area contributed by atoms with Gasteiger partial charge in [-0.05, 0) is 50.3 Å². The standard InChI is InChI=1S/C17H25N3O/c1-12-5-3-6-13(2)17(12)19-16(21)11-20-9-14-7-4-8-18-15(14)10-20/h3,5-6,14-15,18H,4,7-11H2,1-2H3,(H,19,21). The van der Waals surface area contributed by atoms with E-state index in [2.05, 4.69) is 15.5 Å². The van der Waals surface area contributed by atoms with Gasteiger partial charge in [0.1, 0.15) is 0 Å². The monoisotopic (exact) mass is 287 g/mol. The number of likely N-dealkylation sites (tertiary alicyclic amines) is 1. The predicted molar refractivity (Wildman–Crippen MR) is 85.5 cm³/mol. The molecule has 2 unspecified atom stereocenters. The van der Waals surface area contributed by atoms with Crippen LogP contribution in [0, 0.1) is 19.8 Å². The fourth-order valence-corrected chi connectivity index (χ4v) is 3.66. The average Bonchev–Trinajstić information content (AvgIpc) is 2.85. The highest BCUT2D eigenvalue weighted by atomic mass is 16.2. The third-order valence-corrected chi connectivity index (χ3v) is 4.79. The maximum absolute atomic E-state index is 12.3. The minimum absolute atomic E-state index is 0.103. The molecule has 2 heterocycles. The Labute approximate surface area is 126 Å². The molecule has 1 amide bonds. The zero-order chi connectivity index (χ0) is 14.8. The molecule has 114 valence electrons. The van der Waals surface area contributed by atoms with Crippen molar-refractivity contribution in [3.63, 3.8) is 0 Å². The number of aryl methyl sites for hydroxylation is 2. The highest BCUT2D eigenvalue weighted by Crippen LogP contribution is 2.25. The van der Waals surface area contributed by atoms with Crippen molar-refractivity contribution < 1.29 is 4.79 Å². The quantitative estimate of drug-likeness (QED) is 0.893. The van der Waals surface area contributed by atoms with E-state index in [0.717, 1.165) is 42.4 Å². The SMILES string of the molecule is Cc1cccc(C)c1NC(=O)CN1CC2CCCNC2C1. The largest absolute Gasteiger partial charge is 0.324 e. The Morgan fingerprint density at radius 3 is 2.81 bits per heavy atom. The van der Waals surface area contributed by atoms with Gasteiger partial charge in [0.2, 0.25) is 5.91 Å². The topological polar surface area (TPSA) is 44.4 Å². The Bertz CT molecular complexity index is 495. The number of rotatable bonds is 3. The Morgan fingerprint density at radius 1 is 1.33 bits per heavy atom. The molecule has 4 heteroatoms. The van der Waals surface area contributed by atoms with E-state index in [-0.39, 0.29) is 5.91 Å². The van der Waals surface area contributed by atoms with Crippen molar-refractivity contribution in [2.45, 2.75) is 32.7 Å². The molecule has 3 rings (SSSR count). The molecule has 4 nitrogen and oxygen atoms in total. The van der Waals surface area contributed by atoms with Crippen molar-refractivity contribution in [1.82, 2.24) is 10.2 Å². The van der Waals surface area contributed by atoms with Crippen molar-refractivity contribution in [3.8, 4) is 0 Å². The van der Waals surface area contributed by atoms with Crippen LogP contribution in [-0.2, 0) is 4.79 Å². The fraction of sp³-hybridized carbons (Fsp3) is 0.588. The van der Waals surface area contributed by atoms with Crippen LogP contribution in [0.2, 0.25) is 0 Å². The summed E-state index contributed by atoms with van der Waals surface area (Å²) in [6, 6.07) is 6.69. The summed E-state index contributed by atoms with van der Waals surface area (Å²) in [5, 5.41) is 6.66. The van der Waals surface area contributed by atoms with Gasteiger partial charge in [0.05, 0.1) is 6.54 Å². The van der Waals surface area contributed by atoms with Gasteiger partial charge in [-0.2, -0.15) is 0 Å². The van der Waals surface area contributed by atoms with Crippen LogP contribution < -0.4 is 10.6 Å². The van der Waals surface area contributed by atoms with Gasteiger partial charge in [0.15, 0.2) is 0 Å². The zero-order valence-electron chi connectivity index (χ0n) is 13.0. The second kappa shape index (κ2) is 6.16. The molecule has 2 atom stereocenters. The van der Waals surface area contributed by atoms with Gasteiger partial charge in [-0.1, -0.05) is 18.2 Å². The molecule has 0 aliphatic carbocycles. The summed E-state index contributed by atoms with van der Waals surface area (Å²) in [6.45, 7) is 7.77. The van der Waals surface area contributed by atoms with Gasteiger partial charge in [0.25, 0.3) is 0 Å². The van der Waals surface area contributed by atoms with Gasteiger partial charge >= 0.3 is 0 Å². The first kappa shape index (κ1) is 14.5. The van der Waals surface area contributed by atoms with E-state index in [1.165, 1.54) is 12.8 Å². The van der Waals surface area contributed by atoms with Crippen LogP contribution in [0.3, 0.4) is 0 Å². The first-order valence-corrected chi connectivity index (χ1v) is 7.95. The van der Waals surface area contributed by atoms with Gasteiger partial charge in [-0.25, -0.2) is 0 Å². The molecule has 0 radical (unpaired) electrons. The number of carbonyl (C=O) groups is 1. The zero-order valence-corrected chi connectivity index (χ0v) is 13.0. The van der Waals surface area contributed by atoms with Crippen LogP contribution in [0.25, 0.3) is 0 Å². The molecule has 0 bridgehead atoms. The second-order valence-corrected chi connectivity index (χ2v) is 6.47. The minimum Gasteiger partial charge on any atom is -0.324 e. The second-order valence-electron chi connectivity index (χ2n) is 6.47. The van der Waals surface area contributed by atoms with E-state index >= 15 is 0 Å². The number of piperidine rings is 1. The molecular weight excluding hydrogens is 262 g/mol. The first-order chi connectivity index (χ1) is 10.1. The van der Waals surface area contributed by atoms with E-state index in [4.69, 9.17) is 0 Å². The molecule has 21 heavy (non-hydrogen) atoms. The van der Waals surface area contributed by atoms with Gasteiger partial charge < -0.3 is 10.6 Å². The van der Waals surface area contributed by atoms with Gasteiger partial charge in [-0.15, -0.1) is 0 Å². The summed E-state index contributed by atoms with van der Waals surface area (Å²) in [7, 11) is 0. The molecule has 2 N–H and O–H groups in total. The Hall–Kier alpha value is -1.39. The van der Waals surface area contributed by atoms with Crippen molar-refractivity contribution in [2.75, 3.05) is 31.5 Å². The van der Waals surface area contributed by atoms with Crippen molar-refractivity contribution >= 4 is 11.6 Å². The Kier molecular flexibility index (Phi) is 4.27. The number of amides is 1. The van der Waals surface area contributed by atoms with Crippen LogP contribution in [-0.4, -0.2) is 43.0 Å². The average molecular weight is 287 g/mol. The lowest BCUT2D eigenvalue weighted by atomic mass is 9.94. The number of fused-ring (bicyclic) bond motifs is 1. The summed E-state index contributed by atoms with van der Waals surface area (Å²) >= 11 is 0. The molecule has 2 saturated heterocycles. The van der Waals surface area contributed by atoms with Gasteiger partial charge in [0, 0.05) is 24.8 Å². The number of nitrogens with one attached hydrogen (secondary N) is 2. The third kappa shape index (κ3) is 3.27. The number of carbonyl (C=O) groups excluding carboxylic acids is 1. The lowest BCUT2D eigenvalue weighted by molar-refractivity contribution is -0.117. The summed E-state index contributed by atoms with van der Waals surface area (Å²) < 4.78 is 0. The maximum Gasteiger partial charge on any atom is 0.238 e. The van der Waals surface area contributed by atoms with Crippen molar-refractivity contribution in [2.24, 2.45) is 5.92 Å². The first-order valence-electron chi connectivity index (χ1n) is 7.95. The third-order valence-electron chi connectivity index (χ3n) is 4.79. The number of benzene rings is 1. The number of para-hydroxylation sites is 1. The summed E-state index contributed by atoms with van der Waals surface area (Å²) in [5.74, 6) is 0.831. The highest BCUT2D eigenvalue weighted by Gasteiger charge is 2.34. The lowest BCUT2D eigenvalue weighted by Crippen LogP contribution is -2.41. The van der Waals surface area contributed by atoms with E-state index in [1.807, 2.05) is 32.0 Å². The van der Waals surface area contributed by atoms with E-state index in [1.54, 1.807) is 0 Å². The van der Waals surface area contributed by atoms with Crippen LogP contribution in [0.1, 0.15) is 24.0 Å². The predicted octanol–water partition coefficient (Wildman–Crippen LogP) is 1.93.